The summed E-state index contributed by atoms with van der Waals surface area (Å²) in [7, 11) is 0. The molecule has 1 N–H and O–H groups in total. The first-order valence-electron chi connectivity index (χ1n) is 0. The summed E-state index contributed by atoms with van der Waals surface area (Å²) in [6.07, 6.45) is 0. The summed E-state index contributed by atoms with van der Waals surface area (Å²) in [5.41, 5.74) is 0. The van der Waals surface area contributed by atoms with Gasteiger partial charge in [0.05, 0.1) is 0 Å². The molecule has 0 saturated carbocycles. The van der Waals surface area contributed by atoms with Crippen LogP contribution in [0.5, 0.6) is 0 Å². The van der Waals surface area contributed by atoms with E-state index in [9.17, 15) is 0 Å². The third kappa shape index (κ3) is 10.6. The van der Waals surface area contributed by atoms with Crippen molar-refractivity contribution in [1.29, 1.82) is 0 Å². The molecule has 0 spiro atoms. The molecule has 0 aromatic rings. The first kappa shape index (κ1) is 62.1. The molecule has 0 aliphatic rings. The van der Waals surface area contributed by atoms with Gasteiger partial charge in [0.25, 0.3) is 0 Å². The van der Waals surface area contributed by atoms with E-state index in [2.05, 4.69) is 0 Å². The van der Waals surface area contributed by atoms with Crippen molar-refractivity contribution < 1.29 is 57.4 Å². The SMILES string of the molecule is F.[Ce+3].[O-2].[OH-]. The van der Waals surface area contributed by atoms with Crippen LogP contribution in [0.2, 0.25) is 0 Å². The van der Waals surface area contributed by atoms with Gasteiger partial charge in [-0.3, -0.25) is 4.70 Å². The summed E-state index contributed by atoms with van der Waals surface area (Å²) in [6.45, 7) is 0. The monoisotopic (exact) mass is 193 g/mol. The Balaban J connectivity index is 0. The maximum atomic E-state index is 0. The van der Waals surface area contributed by atoms with Crippen LogP contribution in [-0.4, -0.2) is 5.48 Å². The molecule has 0 aromatic heterocycles. The van der Waals surface area contributed by atoms with Gasteiger partial charge in [-0.1, -0.05) is 0 Å². The molecule has 0 atom stereocenters. The Morgan fingerprint density at radius 2 is 1.00 bits per heavy atom. The Bertz CT molecular complexity index is 6.00. The van der Waals surface area contributed by atoms with E-state index in [1.807, 2.05) is 0 Å². The van der Waals surface area contributed by atoms with Crippen molar-refractivity contribution in [1.82, 2.24) is 0 Å². The Kier molecular flexibility index (Phi) is 454. The second-order valence-electron chi connectivity index (χ2n) is 0. The van der Waals surface area contributed by atoms with Gasteiger partial charge in [0, 0.05) is 0 Å². The van der Waals surface area contributed by atoms with Crippen LogP contribution in [0.4, 0.5) is 4.70 Å². The van der Waals surface area contributed by atoms with Gasteiger partial charge in [0.15, 0.2) is 0 Å². The standard InChI is InChI=1S/Ce.FH.H2O.O/h;1H;1H2;/q+3;;;-2/p-1. The van der Waals surface area contributed by atoms with Crippen LogP contribution in [0.3, 0.4) is 0 Å². The van der Waals surface area contributed by atoms with E-state index >= 15 is 0 Å². The van der Waals surface area contributed by atoms with Gasteiger partial charge in [0.1, 0.15) is 0 Å². The molecule has 0 fully saturated rings. The maximum absolute atomic E-state index is 0. The predicted octanol–water partition coefficient (Wildman–Crippen LogP) is -0.143. The molecule has 1 radical (unpaired) electrons. The summed E-state index contributed by atoms with van der Waals surface area (Å²) in [5, 5.41) is 0. The first-order chi connectivity index (χ1) is 0. The molecular weight excluding hydrogens is 191 g/mol. The molecule has 0 aliphatic heterocycles. The minimum absolute atomic E-state index is 0. The van der Waals surface area contributed by atoms with Crippen LogP contribution >= 0.6 is 0 Å². The summed E-state index contributed by atoms with van der Waals surface area (Å²) < 4.78 is 0. The average Bonchev–Trinajstić information content (AvgIpc) is 0. The zero-order valence-electron chi connectivity index (χ0n) is 1.76. The van der Waals surface area contributed by atoms with Crippen molar-refractivity contribution >= 4 is 0 Å². The van der Waals surface area contributed by atoms with E-state index in [0.29, 0.717) is 0 Å². The van der Waals surface area contributed by atoms with Gasteiger partial charge in [-0.2, -0.15) is 0 Å². The normalized spacial score (nSPS) is 0. The van der Waals surface area contributed by atoms with Gasteiger partial charge in [-0.15, -0.1) is 0 Å². The number of rotatable bonds is 0. The van der Waals surface area contributed by atoms with Crippen LogP contribution in [0.1, 0.15) is 0 Å². The molecule has 25 valence electrons. The summed E-state index contributed by atoms with van der Waals surface area (Å²) in [6, 6.07) is 0. The van der Waals surface area contributed by atoms with Crippen molar-refractivity contribution in [2.75, 3.05) is 0 Å². The van der Waals surface area contributed by atoms with E-state index in [1.165, 1.54) is 0 Å². The maximum Gasteiger partial charge on any atom is 3.00 e. The van der Waals surface area contributed by atoms with E-state index in [4.69, 9.17) is 0 Å². The van der Waals surface area contributed by atoms with Crippen molar-refractivity contribution in [3.63, 3.8) is 0 Å². The summed E-state index contributed by atoms with van der Waals surface area (Å²) in [5.74, 6) is 0. The van der Waals surface area contributed by atoms with Crippen molar-refractivity contribution in [2.24, 2.45) is 0 Å². The molecule has 0 aromatic carbocycles. The summed E-state index contributed by atoms with van der Waals surface area (Å²) in [4.78, 5) is 0. The van der Waals surface area contributed by atoms with E-state index in [0.717, 1.165) is 0 Å². The Labute approximate surface area is 56.9 Å². The van der Waals surface area contributed by atoms with Gasteiger partial charge < -0.3 is 11.0 Å². The minimum Gasteiger partial charge on any atom is -2.00 e. The van der Waals surface area contributed by atoms with E-state index in [-0.39, 0.29) is 57.4 Å². The van der Waals surface area contributed by atoms with Gasteiger partial charge >= 0.3 is 41.7 Å². The Morgan fingerprint density at radius 1 is 1.00 bits per heavy atom. The number of hydrogen-bond acceptors (Lipinski definition) is 1. The number of hydrogen-bond donors (Lipinski definition) is 0. The topological polar surface area (TPSA) is 58.5 Å². The third-order valence-corrected chi connectivity index (χ3v) is 0. The van der Waals surface area contributed by atoms with Gasteiger partial charge in [-0.25, -0.2) is 0 Å². The van der Waals surface area contributed by atoms with Crippen molar-refractivity contribution in [3.8, 4) is 0 Å². The Hall–Kier alpha value is 1.23. The Morgan fingerprint density at radius 3 is 1.00 bits per heavy atom. The third-order valence-electron chi connectivity index (χ3n) is 0. The fourth-order valence-corrected chi connectivity index (χ4v) is 0. The zero-order valence-corrected chi connectivity index (χ0v) is 4.90. The van der Waals surface area contributed by atoms with Crippen molar-refractivity contribution in [3.05, 3.63) is 0 Å². The van der Waals surface area contributed by atoms with Crippen LogP contribution in [-0.2, 0) is 5.48 Å². The van der Waals surface area contributed by atoms with Gasteiger partial charge in [0.2, 0.25) is 0 Å². The molecule has 4 heavy (non-hydrogen) atoms. The van der Waals surface area contributed by atoms with Crippen LogP contribution < -0.4 is 0 Å². The molecule has 0 heterocycles. The molecular formula is H2CeFO2. The molecule has 0 rings (SSSR count). The molecule has 0 unspecified atom stereocenters. The largest absolute Gasteiger partial charge is 3.00 e. The van der Waals surface area contributed by atoms with Crippen LogP contribution in [0.15, 0.2) is 0 Å². The fourth-order valence-electron chi connectivity index (χ4n) is 0. The van der Waals surface area contributed by atoms with Gasteiger partial charge in [-0.05, 0) is 0 Å². The van der Waals surface area contributed by atoms with E-state index in [1.54, 1.807) is 0 Å². The van der Waals surface area contributed by atoms with Crippen molar-refractivity contribution in [2.45, 2.75) is 0 Å². The molecule has 0 amide bonds. The second-order valence-corrected chi connectivity index (χ2v) is 0. The molecule has 4 heteroatoms. The quantitative estimate of drug-likeness (QED) is 0.528. The smallest absolute Gasteiger partial charge is 2.00 e. The summed E-state index contributed by atoms with van der Waals surface area (Å²) >= 11 is 0. The average molecular weight is 193 g/mol. The molecule has 0 aliphatic carbocycles. The van der Waals surface area contributed by atoms with E-state index < -0.39 is 0 Å². The molecule has 0 saturated heterocycles. The fraction of sp³-hybridized carbons (Fsp3) is 0. The molecule has 0 bridgehead atoms. The zero-order chi connectivity index (χ0) is 0. The second kappa shape index (κ2) is 29.2. The van der Waals surface area contributed by atoms with Crippen LogP contribution in [0.25, 0.3) is 0 Å². The number of halogens is 1. The minimum atomic E-state index is 0. The first-order valence-corrected chi connectivity index (χ1v) is 0. The molecule has 2 nitrogen and oxygen atoms in total. The van der Waals surface area contributed by atoms with Crippen LogP contribution in [0, 0.1) is 41.7 Å². The predicted molar refractivity (Wildman–Crippen MR) is 5.13 cm³/mol.